The van der Waals surface area contributed by atoms with Crippen molar-refractivity contribution < 1.29 is 0 Å². The first-order chi connectivity index (χ1) is 8.37. The summed E-state index contributed by atoms with van der Waals surface area (Å²) in [6.07, 6.45) is 8.16. The molecule has 0 aliphatic heterocycles. The lowest BCUT2D eigenvalue weighted by Gasteiger charge is -2.42. The molecule has 98 valence electrons. The van der Waals surface area contributed by atoms with E-state index in [4.69, 9.17) is 0 Å². The molecule has 0 spiro atoms. The lowest BCUT2D eigenvalue weighted by molar-refractivity contribution is 0.332. The van der Waals surface area contributed by atoms with Crippen LogP contribution in [0.3, 0.4) is 0 Å². The van der Waals surface area contributed by atoms with Crippen LogP contribution in [-0.2, 0) is 10.8 Å². The fourth-order valence-electron chi connectivity index (χ4n) is 2.96. The van der Waals surface area contributed by atoms with Crippen molar-refractivity contribution in [2.75, 3.05) is 0 Å². The summed E-state index contributed by atoms with van der Waals surface area (Å²) in [6.45, 7) is 11.7. The zero-order valence-electron chi connectivity index (χ0n) is 12.5. The molecule has 0 heteroatoms. The van der Waals surface area contributed by atoms with Crippen LogP contribution in [0.2, 0.25) is 0 Å². The molecule has 0 fully saturated rings. The number of fused-ring (bicyclic) bond motifs is 1. The fraction of sp³-hybridized carbons (Fsp3) is 0.556. The van der Waals surface area contributed by atoms with Gasteiger partial charge in [0.15, 0.2) is 0 Å². The Kier molecular flexibility index (Phi) is 3.40. The lowest BCUT2D eigenvalue weighted by Crippen LogP contribution is -2.33. The third-order valence-corrected chi connectivity index (χ3v) is 4.42. The van der Waals surface area contributed by atoms with Gasteiger partial charge in [-0.3, -0.25) is 0 Å². The van der Waals surface area contributed by atoms with Crippen LogP contribution < -0.4 is 0 Å². The monoisotopic (exact) mass is 242 g/mol. The predicted octanol–water partition coefficient (Wildman–Crippen LogP) is 5.46. The minimum atomic E-state index is 0.320. The highest BCUT2D eigenvalue weighted by atomic mass is 14.4. The van der Waals surface area contributed by atoms with Gasteiger partial charge in [-0.2, -0.15) is 0 Å². The Morgan fingerprint density at radius 1 is 1.00 bits per heavy atom. The summed E-state index contributed by atoms with van der Waals surface area (Å²) in [5.41, 5.74) is 5.10. The molecule has 1 aliphatic rings. The molecule has 0 saturated carbocycles. The summed E-state index contributed by atoms with van der Waals surface area (Å²) in [5, 5.41) is 0. The average Bonchev–Trinajstić information content (AvgIpc) is 2.32. The topological polar surface area (TPSA) is 0 Å². The Morgan fingerprint density at radius 2 is 1.61 bits per heavy atom. The van der Waals surface area contributed by atoms with Crippen LogP contribution in [0.25, 0.3) is 6.08 Å². The van der Waals surface area contributed by atoms with E-state index in [1.165, 1.54) is 18.4 Å². The zero-order chi connectivity index (χ0) is 13.4. The van der Waals surface area contributed by atoms with Crippen LogP contribution in [0.1, 0.15) is 70.6 Å². The maximum atomic E-state index is 2.41. The Labute approximate surface area is 112 Å². The molecule has 0 radical (unpaired) electrons. The average molecular weight is 242 g/mol. The molecule has 0 saturated heterocycles. The molecule has 0 atom stereocenters. The molecule has 0 unspecified atom stereocenters. The first-order valence-electron chi connectivity index (χ1n) is 7.18. The van der Waals surface area contributed by atoms with Crippen LogP contribution in [0, 0.1) is 0 Å². The Hall–Kier alpha value is -1.04. The van der Waals surface area contributed by atoms with Gasteiger partial charge in [0.25, 0.3) is 0 Å². The molecule has 0 bridgehead atoms. The largest absolute Gasteiger partial charge is 0.0842 e. The first-order valence-corrected chi connectivity index (χ1v) is 7.18. The molecule has 2 rings (SSSR count). The molecule has 0 aromatic heterocycles. The second-order valence-corrected chi connectivity index (χ2v) is 6.88. The van der Waals surface area contributed by atoms with Crippen LogP contribution in [0.4, 0.5) is 0 Å². The van der Waals surface area contributed by atoms with Gasteiger partial charge in [0.2, 0.25) is 0 Å². The van der Waals surface area contributed by atoms with E-state index >= 15 is 0 Å². The normalized spacial score (nSPS) is 20.9. The predicted molar refractivity (Wildman–Crippen MR) is 81.1 cm³/mol. The Bertz CT molecular complexity index is 461. The van der Waals surface area contributed by atoms with Gasteiger partial charge < -0.3 is 0 Å². The summed E-state index contributed by atoms with van der Waals surface area (Å²) in [6, 6.07) is 7.03. The molecular formula is C18H26. The van der Waals surface area contributed by atoms with E-state index in [-0.39, 0.29) is 0 Å². The highest BCUT2D eigenvalue weighted by molar-refractivity contribution is 5.55. The van der Waals surface area contributed by atoms with Gasteiger partial charge in [-0.05, 0) is 46.8 Å². The molecule has 1 aromatic carbocycles. The van der Waals surface area contributed by atoms with E-state index in [1.54, 1.807) is 11.1 Å². The maximum absolute atomic E-state index is 2.41. The number of hydrogen-bond acceptors (Lipinski definition) is 0. The van der Waals surface area contributed by atoms with Crippen LogP contribution >= 0.6 is 0 Å². The van der Waals surface area contributed by atoms with Crippen molar-refractivity contribution in [2.45, 2.75) is 64.7 Å². The maximum Gasteiger partial charge on any atom is -0.0100 e. The molecule has 1 aliphatic carbocycles. The Balaban J connectivity index is 2.51. The second kappa shape index (κ2) is 4.57. The van der Waals surface area contributed by atoms with E-state index in [9.17, 15) is 0 Å². The van der Waals surface area contributed by atoms with Crippen molar-refractivity contribution in [3.05, 3.63) is 41.0 Å². The first kappa shape index (κ1) is 13.4. The molecule has 0 N–H and O–H groups in total. The molecule has 1 aromatic rings. The van der Waals surface area contributed by atoms with E-state index in [0.717, 1.165) is 6.42 Å². The van der Waals surface area contributed by atoms with Crippen LogP contribution in [-0.4, -0.2) is 0 Å². The number of hydrogen-bond donors (Lipinski definition) is 0. The van der Waals surface area contributed by atoms with Gasteiger partial charge in [0.1, 0.15) is 0 Å². The quantitative estimate of drug-likeness (QED) is 0.646. The summed E-state index contributed by atoms with van der Waals surface area (Å²) < 4.78 is 0. The van der Waals surface area contributed by atoms with Gasteiger partial charge in [0.05, 0.1) is 0 Å². The summed E-state index contributed by atoms with van der Waals surface area (Å²) in [4.78, 5) is 0. The number of benzene rings is 1. The smallest absolute Gasteiger partial charge is 0.0100 e. The Morgan fingerprint density at radius 3 is 2.22 bits per heavy atom. The minimum Gasteiger partial charge on any atom is -0.0842 e. The molecule has 18 heavy (non-hydrogen) atoms. The standard InChI is InChI=1S/C18H26/c1-6-7-8-14-9-10-15-16(13-14)18(4,5)12-11-17(15,2)3/h7-10,13H,6,11-12H2,1-5H3/b8-7-. The molecule has 0 amide bonds. The van der Waals surface area contributed by atoms with E-state index in [2.05, 4.69) is 65.0 Å². The molecule has 0 heterocycles. The van der Waals surface area contributed by atoms with Gasteiger partial charge >= 0.3 is 0 Å². The minimum absolute atomic E-state index is 0.320. The SMILES string of the molecule is CC/C=C\c1ccc2c(c1)C(C)(C)CCC2(C)C. The van der Waals surface area contributed by atoms with Crippen molar-refractivity contribution in [3.63, 3.8) is 0 Å². The highest BCUT2D eigenvalue weighted by Crippen LogP contribution is 2.45. The third-order valence-electron chi connectivity index (χ3n) is 4.42. The van der Waals surface area contributed by atoms with Gasteiger partial charge in [-0.25, -0.2) is 0 Å². The third kappa shape index (κ3) is 2.39. The summed E-state index contributed by atoms with van der Waals surface area (Å²) in [7, 11) is 0. The van der Waals surface area contributed by atoms with Gasteiger partial charge in [-0.15, -0.1) is 0 Å². The van der Waals surface area contributed by atoms with Crippen molar-refractivity contribution in [1.82, 2.24) is 0 Å². The van der Waals surface area contributed by atoms with Crippen LogP contribution in [0.5, 0.6) is 0 Å². The van der Waals surface area contributed by atoms with Crippen molar-refractivity contribution >= 4 is 6.08 Å². The lowest BCUT2D eigenvalue weighted by atomic mass is 9.63. The van der Waals surface area contributed by atoms with Crippen molar-refractivity contribution in [3.8, 4) is 0 Å². The van der Waals surface area contributed by atoms with Gasteiger partial charge in [0, 0.05) is 0 Å². The second-order valence-electron chi connectivity index (χ2n) is 6.88. The van der Waals surface area contributed by atoms with Crippen molar-refractivity contribution in [2.24, 2.45) is 0 Å². The number of allylic oxidation sites excluding steroid dienone is 1. The van der Waals surface area contributed by atoms with E-state index in [0.29, 0.717) is 10.8 Å². The van der Waals surface area contributed by atoms with Gasteiger partial charge in [-0.1, -0.05) is 65.0 Å². The number of rotatable bonds is 2. The van der Waals surface area contributed by atoms with Crippen LogP contribution in [0.15, 0.2) is 24.3 Å². The highest BCUT2D eigenvalue weighted by Gasteiger charge is 2.36. The summed E-state index contributed by atoms with van der Waals surface area (Å²) >= 11 is 0. The molecular weight excluding hydrogens is 216 g/mol. The molecule has 0 nitrogen and oxygen atoms in total. The van der Waals surface area contributed by atoms with E-state index in [1.807, 2.05) is 0 Å². The fourth-order valence-corrected chi connectivity index (χ4v) is 2.96. The summed E-state index contributed by atoms with van der Waals surface area (Å²) in [5.74, 6) is 0. The van der Waals surface area contributed by atoms with Crippen molar-refractivity contribution in [1.29, 1.82) is 0 Å². The zero-order valence-corrected chi connectivity index (χ0v) is 12.5. The van der Waals surface area contributed by atoms with E-state index < -0.39 is 0 Å².